The van der Waals surface area contributed by atoms with Gasteiger partial charge >= 0.3 is 0 Å². The van der Waals surface area contributed by atoms with E-state index in [1.807, 2.05) is 37.6 Å². The summed E-state index contributed by atoms with van der Waals surface area (Å²) in [4.78, 5) is 2.97. The molecule has 13 heavy (non-hydrogen) atoms. The zero-order valence-corrected chi connectivity index (χ0v) is 7.28. The Balaban J connectivity index is 2.33. The molecule has 0 aliphatic heterocycles. The molecule has 0 bridgehead atoms. The fraction of sp³-hybridized carbons (Fsp3) is 0.111. The number of nitrogens with zero attached hydrogens (tertiary/aromatic N) is 2. The van der Waals surface area contributed by atoms with Crippen LogP contribution in [0.5, 0.6) is 0 Å². The fourth-order valence-corrected chi connectivity index (χ4v) is 1.10. The molecule has 2 aromatic heterocycles. The first-order valence-corrected chi connectivity index (χ1v) is 4.05. The van der Waals surface area contributed by atoms with Crippen LogP contribution in [0.4, 0.5) is 5.82 Å². The topological polar surface area (TPSA) is 53.6 Å². The van der Waals surface area contributed by atoms with Crippen molar-refractivity contribution in [1.29, 1.82) is 0 Å². The van der Waals surface area contributed by atoms with Crippen molar-refractivity contribution >= 4 is 5.82 Å². The van der Waals surface area contributed by atoms with Crippen LogP contribution in [0.3, 0.4) is 0 Å². The van der Waals surface area contributed by atoms with Gasteiger partial charge in [-0.2, -0.15) is 0 Å². The number of nitrogens with one attached hydrogen (secondary N) is 2. The molecule has 2 aromatic rings. The molecule has 0 aromatic carbocycles. The Hall–Kier alpha value is -1.84. The molecular formula is C9H10N4. The molecule has 0 atom stereocenters. The maximum Gasteiger partial charge on any atom is 0.148 e. The van der Waals surface area contributed by atoms with E-state index in [-0.39, 0.29) is 0 Å². The second-order valence-electron chi connectivity index (χ2n) is 2.65. The smallest absolute Gasteiger partial charge is 0.148 e. The van der Waals surface area contributed by atoms with Crippen molar-refractivity contribution in [1.82, 2.24) is 15.2 Å². The van der Waals surface area contributed by atoms with E-state index in [1.54, 1.807) is 0 Å². The standard InChI is InChI=1S/C9H10N4/c1-10-9-3-2-8(12-13-9)7-4-5-11-6-7/h2-6,11H,1H3,(H,10,13). The minimum Gasteiger partial charge on any atom is -0.372 e. The molecule has 4 heteroatoms. The molecule has 2 rings (SSSR count). The summed E-state index contributed by atoms with van der Waals surface area (Å²) < 4.78 is 0. The van der Waals surface area contributed by atoms with E-state index in [4.69, 9.17) is 0 Å². The normalized spacial score (nSPS) is 9.92. The molecule has 0 spiro atoms. The van der Waals surface area contributed by atoms with Crippen molar-refractivity contribution in [3.05, 3.63) is 30.6 Å². The molecule has 0 saturated heterocycles. The van der Waals surface area contributed by atoms with E-state index >= 15 is 0 Å². The molecular weight excluding hydrogens is 164 g/mol. The Labute approximate surface area is 76.0 Å². The maximum atomic E-state index is 4.06. The average Bonchev–Trinajstić information content (AvgIpc) is 2.71. The Bertz CT molecular complexity index is 363. The Morgan fingerprint density at radius 1 is 1.23 bits per heavy atom. The van der Waals surface area contributed by atoms with Crippen LogP contribution < -0.4 is 5.32 Å². The highest BCUT2D eigenvalue weighted by molar-refractivity contribution is 5.58. The first-order chi connectivity index (χ1) is 6.40. The van der Waals surface area contributed by atoms with Gasteiger partial charge in [-0.3, -0.25) is 0 Å². The molecule has 0 saturated carbocycles. The monoisotopic (exact) mass is 174 g/mol. The van der Waals surface area contributed by atoms with E-state index in [2.05, 4.69) is 20.5 Å². The maximum absolute atomic E-state index is 4.06. The summed E-state index contributed by atoms with van der Waals surface area (Å²) in [5.74, 6) is 0.777. The highest BCUT2D eigenvalue weighted by Gasteiger charge is 1.99. The summed E-state index contributed by atoms with van der Waals surface area (Å²) >= 11 is 0. The van der Waals surface area contributed by atoms with E-state index in [0.29, 0.717) is 0 Å². The summed E-state index contributed by atoms with van der Waals surface area (Å²) in [5, 5.41) is 11.0. The summed E-state index contributed by atoms with van der Waals surface area (Å²) in [6, 6.07) is 5.79. The highest BCUT2D eigenvalue weighted by Crippen LogP contribution is 2.15. The van der Waals surface area contributed by atoms with Crippen molar-refractivity contribution in [3.8, 4) is 11.3 Å². The first kappa shape index (κ1) is 7.79. The Kier molecular flexibility index (Phi) is 1.96. The number of aromatic nitrogens is 3. The number of aromatic amines is 1. The van der Waals surface area contributed by atoms with Crippen molar-refractivity contribution in [2.75, 3.05) is 12.4 Å². The number of hydrogen-bond donors (Lipinski definition) is 2. The van der Waals surface area contributed by atoms with E-state index in [0.717, 1.165) is 17.1 Å². The summed E-state index contributed by atoms with van der Waals surface area (Å²) in [5.41, 5.74) is 1.93. The zero-order chi connectivity index (χ0) is 9.10. The summed E-state index contributed by atoms with van der Waals surface area (Å²) in [6.07, 6.45) is 3.76. The third-order valence-electron chi connectivity index (χ3n) is 1.81. The van der Waals surface area contributed by atoms with Crippen LogP contribution in [0, 0.1) is 0 Å². The minimum atomic E-state index is 0.777. The molecule has 0 unspecified atom stereocenters. The van der Waals surface area contributed by atoms with Crippen LogP contribution in [0.1, 0.15) is 0 Å². The molecule has 66 valence electrons. The van der Waals surface area contributed by atoms with Gasteiger partial charge in [-0.05, 0) is 18.2 Å². The van der Waals surface area contributed by atoms with Crippen molar-refractivity contribution < 1.29 is 0 Å². The molecule has 0 radical (unpaired) electrons. The molecule has 0 aliphatic rings. The van der Waals surface area contributed by atoms with Gasteiger partial charge in [-0.25, -0.2) is 0 Å². The second-order valence-corrected chi connectivity index (χ2v) is 2.65. The van der Waals surface area contributed by atoms with E-state index < -0.39 is 0 Å². The lowest BCUT2D eigenvalue weighted by Gasteiger charge is -1.98. The number of rotatable bonds is 2. The molecule has 0 amide bonds. The van der Waals surface area contributed by atoms with Crippen LogP contribution in [0.25, 0.3) is 11.3 Å². The number of hydrogen-bond acceptors (Lipinski definition) is 3. The molecule has 0 aliphatic carbocycles. The van der Waals surface area contributed by atoms with Gasteiger partial charge in [0.15, 0.2) is 0 Å². The molecule has 2 heterocycles. The lowest BCUT2D eigenvalue weighted by Crippen LogP contribution is -1.94. The first-order valence-electron chi connectivity index (χ1n) is 4.05. The lowest BCUT2D eigenvalue weighted by molar-refractivity contribution is 1.04. The van der Waals surface area contributed by atoms with E-state index in [1.165, 1.54) is 0 Å². The summed E-state index contributed by atoms with van der Waals surface area (Å²) in [6.45, 7) is 0. The van der Waals surface area contributed by atoms with Gasteiger partial charge < -0.3 is 10.3 Å². The lowest BCUT2D eigenvalue weighted by atomic mass is 10.2. The zero-order valence-electron chi connectivity index (χ0n) is 7.28. The van der Waals surface area contributed by atoms with Crippen molar-refractivity contribution in [2.24, 2.45) is 0 Å². The van der Waals surface area contributed by atoms with Gasteiger partial charge in [0, 0.05) is 25.0 Å². The predicted octanol–water partition coefficient (Wildman–Crippen LogP) is 1.51. The van der Waals surface area contributed by atoms with Crippen LogP contribution in [0.2, 0.25) is 0 Å². The summed E-state index contributed by atoms with van der Waals surface area (Å²) in [7, 11) is 1.82. The van der Waals surface area contributed by atoms with Gasteiger partial charge in [-0.15, -0.1) is 10.2 Å². The van der Waals surface area contributed by atoms with Crippen molar-refractivity contribution in [3.63, 3.8) is 0 Å². The largest absolute Gasteiger partial charge is 0.372 e. The molecule has 4 nitrogen and oxygen atoms in total. The molecule has 0 fully saturated rings. The SMILES string of the molecule is CNc1ccc(-c2cc[nH]c2)nn1. The Morgan fingerprint density at radius 2 is 2.15 bits per heavy atom. The fourth-order valence-electron chi connectivity index (χ4n) is 1.10. The Morgan fingerprint density at radius 3 is 2.69 bits per heavy atom. The quantitative estimate of drug-likeness (QED) is 0.725. The third-order valence-corrected chi connectivity index (χ3v) is 1.81. The minimum absolute atomic E-state index is 0.777. The highest BCUT2D eigenvalue weighted by atomic mass is 15.2. The average molecular weight is 174 g/mol. The van der Waals surface area contributed by atoms with Gasteiger partial charge in [0.2, 0.25) is 0 Å². The van der Waals surface area contributed by atoms with Crippen LogP contribution in [-0.2, 0) is 0 Å². The van der Waals surface area contributed by atoms with Gasteiger partial charge in [0.25, 0.3) is 0 Å². The van der Waals surface area contributed by atoms with E-state index in [9.17, 15) is 0 Å². The second kappa shape index (κ2) is 3.26. The van der Waals surface area contributed by atoms with Gasteiger partial charge in [0.1, 0.15) is 5.82 Å². The number of anilines is 1. The van der Waals surface area contributed by atoms with Crippen LogP contribution >= 0.6 is 0 Å². The van der Waals surface area contributed by atoms with Crippen LogP contribution in [0.15, 0.2) is 30.6 Å². The van der Waals surface area contributed by atoms with Crippen molar-refractivity contribution in [2.45, 2.75) is 0 Å². The third kappa shape index (κ3) is 1.51. The van der Waals surface area contributed by atoms with Crippen LogP contribution in [-0.4, -0.2) is 22.2 Å². The molecule has 2 N–H and O–H groups in total. The van der Waals surface area contributed by atoms with Gasteiger partial charge in [-0.1, -0.05) is 0 Å². The van der Waals surface area contributed by atoms with Gasteiger partial charge in [0.05, 0.1) is 5.69 Å². The number of H-pyrrole nitrogens is 1. The predicted molar refractivity (Wildman–Crippen MR) is 51.4 cm³/mol.